The minimum atomic E-state index is 0.651. The van der Waals surface area contributed by atoms with Crippen LogP contribution in [0, 0.1) is 6.92 Å². The van der Waals surface area contributed by atoms with Crippen LogP contribution >= 0.6 is 0 Å². The Morgan fingerprint density at radius 3 is 2.61 bits per heavy atom. The summed E-state index contributed by atoms with van der Waals surface area (Å²) in [7, 11) is 0. The third-order valence-corrected chi connectivity index (χ3v) is 2.66. The molecule has 1 aromatic heterocycles. The average Bonchev–Trinajstić information content (AvgIpc) is 2.33. The highest BCUT2D eigenvalue weighted by Crippen LogP contribution is 2.12. The Balaban J connectivity index is 2.32. The number of hydrogen-bond acceptors (Lipinski definition) is 4. The fraction of sp³-hybridized carbons (Fsp3) is 0.714. The van der Waals surface area contributed by atoms with Gasteiger partial charge in [0.15, 0.2) is 0 Å². The van der Waals surface area contributed by atoms with Gasteiger partial charge in [0, 0.05) is 18.3 Å². The maximum atomic E-state index is 5.66. The number of nitrogens with one attached hydrogen (secondary N) is 1. The molecular weight excluding hydrogens is 226 g/mol. The zero-order chi connectivity index (χ0) is 13.2. The number of aromatic nitrogens is 2. The summed E-state index contributed by atoms with van der Waals surface area (Å²) in [5.74, 6) is 1.33. The number of aryl methyl sites for hydroxylation is 1. The third kappa shape index (κ3) is 5.84. The van der Waals surface area contributed by atoms with Gasteiger partial charge in [0.2, 0.25) is 11.8 Å². The molecule has 1 N–H and O–H groups in total. The maximum absolute atomic E-state index is 5.66. The molecule has 0 bridgehead atoms. The second-order valence-corrected chi connectivity index (χ2v) is 4.46. The molecule has 4 heteroatoms. The summed E-state index contributed by atoms with van der Waals surface area (Å²) in [6.07, 6.45) is 6.22. The van der Waals surface area contributed by atoms with Crippen molar-refractivity contribution in [3.63, 3.8) is 0 Å². The quantitative estimate of drug-likeness (QED) is 0.682. The molecule has 4 nitrogen and oxygen atoms in total. The van der Waals surface area contributed by atoms with Gasteiger partial charge in [0.25, 0.3) is 0 Å². The highest BCUT2D eigenvalue weighted by atomic mass is 16.5. The van der Waals surface area contributed by atoms with Crippen molar-refractivity contribution >= 4 is 5.95 Å². The molecule has 0 aliphatic carbocycles. The number of hydrogen-bond donors (Lipinski definition) is 1. The SMILES string of the molecule is CCCCCCCOc1cc(C)nc(NCC)n1. The van der Waals surface area contributed by atoms with Crippen molar-refractivity contribution in [1.82, 2.24) is 9.97 Å². The highest BCUT2D eigenvalue weighted by molar-refractivity contribution is 5.30. The monoisotopic (exact) mass is 251 g/mol. The number of rotatable bonds is 9. The van der Waals surface area contributed by atoms with Crippen molar-refractivity contribution < 1.29 is 4.74 Å². The molecule has 0 amide bonds. The van der Waals surface area contributed by atoms with E-state index in [4.69, 9.17) is 4.74 Å². The average molecular weight is 251 g/mol. The second-order valence-electron chi connectivity index (χ2n) is 4.46. The lowest BCUT2D eigenvalue weighted by atomic mass is 10.2. The van der Waals surface area contributed by atoms with E-state index >= 15 is 0 Å². The van der Waals surface area contributed by atoms with Crippen LogP contribution in [-0.2, 0) is 0 Å². The lowest BCUT2D eigenvalue weighted by Gasteiger charge is -2.08. The molecule has 0 saturated carbocycles. The van der Waals surface area contributed by atoms with Gasteiger partial charge in [-0.2, -0.15) is 4.98 Å². The molecule has 0 fully saturated rings. The van der Waals surface area contributed by atoms with E-state index in [0.717, 1.165) is 25.3 Å². The van der Waals surface area contributed by atoms with Gasteiger partial charge in [-0.3, -0.25) is 0 Å². The van der Waals surface area contributed by atoms with Crippen molar-refractivity contribution in [2.45, 2.75) is 52.9 Å². The predicted octanol–water partition coefficient (Wildman–Crippen LogP) is 3.57. The lowest BCUT2D eigenvalue weighted by molar-refractivity contribution is 0.293. The molecule has 102 valence electrons. The molecule has 0 saturated heterocycles. The van der Waals surface area contributed by atoms with E-state index in [1.54, 1.807) is 0 Å². The van der Waals surface area contributed by atoms with Gasteiger partial charge in [0.05, 0.1) is 6.61 Å². The van der Waals surface area contributed by atoms with Crippen LogP contribution in [-0.4, -0.2) is 23.1 Å². The van der Waals surface area contributed by atoms with E-state index in [0.29, 0.717) is 11.8 Å². The number of anilines is 1. The van der Waals surface area contributed by atoms with Gasteiger partial charge in [0.1, 0.15) is 0 Å². The molecular formula is C14H25N3O. The molecule has 0 spiro atoms. The standard InChI is InChI=1S/C14H25N3O/c1-4-6-7-8-9-10-18-13-11-12(3)16-14(17-13)15-5-2/h11H,4-10H2,1-3H3,(H,15,16,17). The molecule has 0 aliphatic heterocycles. The minimum absolute atomic E-state index is 0.651. The van der Waals surface area contributed by atoms with Crippen LogP contribution in [0.2, 0.25) is 0 Å². The van der Waals surface area contributed by atoms with Crippen LogP contribution < -0.4 is 10.1 Å². The van der Waals surface area contributed by atoms with E-state index < -0.39 is 0 Å². The first-order valence-corrected chi connectivity index (χ1v) is 6.98. The van der Waals surface area contributed by atoms with E-state index in [1.165, 1.54) is 25.7 Å². The molecule has 1 heterocycles. The van der Waals surface area contributed by atoms with E-state index in [-0.39, 0.29) is 0 Å². The number of ether oxygens (including phenoxy) is 1. The number of nitrogens with zero attached hydrogens (tertiary/aromatic N) is 2. The summed E-state index contributed by atoms with van der Waals surface area (Å²) in [4.78, 5) is 8.60. The molecule has 18 heavy (non-hydrogen) atoms. The van der Waals surface area contributed by atoms with Crippen LogP contribution in [0.1, 0.15) is 51.6 Å². The Bertz CT molecular complexity index is 342. The van der Waals surface area contributed by atoms with Crippen LogP contribution in [0.4, 0.5) is 5.95 Å². The van der Waals surface area contributed by atoms with Crippen molar-refractivity contribution in [3.8, 4) is 5.88 Å². The molecule has 0 aliphatic rings. The molecule has 0 atom stereocenters. The van der Waals surface area contributed by atoms with Gasteiger partial charge in [-0.1, -0.05) is 32.6 Å². The van der Waals surface area contributed by atoms with Crippen LogP contribution in [0.3, 0.4) is 0 Å². The molecule has 0 unspecified atom stereocenters. The Morgan fingerprint density at radius 1 is 1.11 bits per heavy atom. The number of unbranched alkanes of at least 4 members (excludes halogenated alkanes) is 4. The van der Waals surface area contributed by atoms with Crippen LogP contribution in [0.5, 0.6) is 5.88 Å². The summed E-state index contributed by atoms with van der Waals surface area (Å²) in [6.45, 7) is 7.77. The van der Waals surface area contributed by atoms with Gasteiger partial charge in [-0.15, -0.1) is 0 Å². The first kappa shape index (κ1) is 14.7. The van der Waals surface area contributed by atoms with Crippen molar-refractivity contribution in [1.29, 1.82) is 0 Å². The molecule has 1 rings (SSSR count). The van der Waals surface area contributed by atoms with Gasteiger partial charge < -0.3 is 10.1 Å². The van der Waals surface area contributed by atoms with E-state index in [1.807, 2.05) is 19.9 Å². The fourth-order valence-electron chi connectivity index (χ4n) is 1.73. The Kier molecular flexibility index (Phi) is 7.14. The molecule has 1 aromatic rings. The Hall–Kier alpha value is -1.32. The summed E-state index contributed by atoms with van der Waals surface area (Å²) in [6, 6.07) is 1.88. The van der Waals surface area contributed by atoms with Crippen LogP contribution in [0.25, 0.3) is 0 Å². The summed E-state index contributed by atoms with van der Waals surface area (Å²) in [5.41, 5.74) is 0.932. The van der Waals surface area contributed by atoms with E-state index in [2.05, 4.69) is 22.2 Å². The smallest absolute Gasteiger partial charge is 0.226 e. The third-order valence-electron chi connectivity index (χ3n) is 2.66. The lowest BCUT2D eigenvalue weighted by Crippen LogP contribution is -2.06. The summed E-state index contributed by atoms with van der Waals surface area (Å²) in [5, 5.41) is 3.10. The van der Waals surface area contributed by atoms with Crippen molar-refractivity contribution in [2.75, 3.05) is 18.5 Å². The van der Waals surface area contributed by atoms with Crippen molar-refractivity contribution in [2.24, 2.45) is 0 Å². The Labute approximate surface area is 110 Å². The maximum Gasteiger partial charge on any atom is 0.226 e. The van der Waals surface area contributed by atoms with Crippen LogP contribution in [0.15, 0.2) is 6.07 Å². The normalized spacial score (nSPS) is 10.4. The zero-order valence-corrected chi connectivity index (χ0v) is 11.8. The first-order valence-electron chi connectivity index (χ1n) is 6.98. The molecule has 0 aromatic carbocycles. The topological polar surface area (TPSA) is 47.0 Å². The molecule has 0 radical (unpaired) electrons. The van der Waals surface area contributed by atoms with Gasteiger partial charge in [-0.25, -0.2) is 4.98 Å². The Morgan fingerprint density at radius 2 is 1.89 bits per heavy atom. The van der Waals surface area contributed by atoms with Gasteiger partial charge >= 0.3 is 0 Å². The van der Waals surface area contributed by atoms with Crippen molar-refractivity contribution in [3.05, 3.63) is 11.8 Å². The minimum Gasteiger partial charge on any atom is -0.478 e. The summed E-state index contributed by atoms with van der Waals surface area (Å²) >= 11 is 0. The first-order chi connectivity index (χ1) is 8.76. The largest absolute Gasteiger partial charge is 0.478 e. The highest BCUT2D eigenvalue weighted by Gasteiger charge is 2.02. The zero-order valence-electron chi connectivity index (χ0n) is 11.8. The second kappa shape index (κ2) is 8.72. The van der Waals surface area contributed by atoms with E-state index in [9.17, 15) is 0 Å². The predicted molar refractivity (Wildman–Crippen MR) is 75.2 cm³/mol. The van der Waals surface area contributed by atoms with Gasteiger partial charge in [-0.05, 0) is 20.3 Å². The summed E-state index contributed by atoms with van der Waals surface area (Å²) < 4.78 is 5.66. The fourth-order valence-corrected chi connectivity index (χ4v) is 1.73.